The number of benzene rings is 1. The first-order valence-electron chi connectivity index (χ1n) is 6.34. The summed E-state index contributed by atoms with van der Waals surface area (Å²) >= 11 is 3.31. The van der Waals surface area contributed by atoms with E-state index in [0.29, 0.717) is 11.4 Å². The van der Waals surface area contributed by atoms with Crippen LogP contribution in [-0.2, 0) is 6.42 Å². The Bertz CT molecular complexity index is 753. The Labute approximate surface area is 129 Å². The van der Waals surface area contributed by atoms with Crippen molar-refractivity contribution in [3.05, 3.63) is 70.7 Å². The third-order valence-corrected chi connectivity index (χ3v) is 3.36. The predicted molar refractivity (Wildman–Crippen MR) is 81.3 cm³/mol. The van der Waals surface area contributed by atoms with E-state index >= 15 is 0 Å². The normalized spacial score (nSPS) is 10.5. The average molecular weight is 343 g/mol. The minimum atomic E-state index is -0.105. The van der Waals surface area contributed by atoms with Crippen LogP contribution in [-0.4, -0.2) is 25.8 Å². The van der Waals surface area contributed by atoms with Crippen molar-refractivity contribution < 1.29 is 4.79 Å². The minimum Gasteiger partial charge on any atom is -0.292 e. The molecule has 3 rings (SSSR count). The first-order chi connectivity index (χ1) is 10.2. The molecule has 0 bridgehead atoms. The zero-order chi connectivity index (χ0) is 14.7. The molecule has 6 heteroatoms. The lowest BCUT2D eigenvalue weighted by atomic mass is 10.1. The number of carbonyl (C=O) groups excluding carboxylic acids is 1. The van der Waals surface area contributed by atoms with Gasteiger partial charge in [-0.2, -0.15) is 9.90 Å². The summed E-state index contributed by atoms with van der Waals surface area (Å²) in [5, 5.41) is 8.33. The number of hydrogen-bond donors (Lipinski definition) is 0. The molecular weight excluding hydrogens is 332 g/mol. The van der Waals surface area contributed by atoms with E-state index in [1.165, 1.54) is 11.0 Å². The summed E-state index contributed by atoms with van der Waals surface area (Å²) < 4.78 is 0.883. The third kappa shape index (κ3) is 3.22. The lowest BCUT2D eigenvalue weighted by molar-refractivity contribution is 0.0987. The van der Waals surface area contributed by atoms with E-state index in [-0.39, 0.29) is 12.2 Å². The van der Waals surface area contributed by atoms with E-state index < -0.39 is 0 Å². The molecule has 5 nitrogen and oxygen atoms in total. The van der Waals surface area contributed by atoms with Crippen LogP contribution in [0.25, 0.3) is 5.69 Å². The summed E-state index contributed by atoms with van der Waals surface area (Å²) in [6, 6.07) is 13.1. The number of rotatable bonds is 4. The highest BCUT2D eigenvalue weighted by Gasteiger charge is 2.13. The van der Waals surface area contributed by atoms with E-state index in [1.54, 1.807) is 6.20 Å². The molecule has 0 aliphatic carbocycles. The molecule has 104 valence electrons. The second-order valence-electron chi connectivity index (χ2n) is 4.42. The van der Waals surface area contributed by atoms with Gasteiger partial charge in [-0.3, -0.25) is 9.78 Å². The molecule has 0 aliphatic heterocycles. The van der Waals surface area contributed by atoms with Crippen molar-refractivity contribution in [2.24, 2.45) is 0 Å². The molecule has 0 fully saturated rings. The zero-order valence-corrected chi connectivity index (χ0v) is 12.6. The molecule has 1 aromatic carbocycles. The summed E-state index contributed by atoms with van der Waals surface area (Å²) in [5.41, 5.74) is 1.86. The monoisotopic (exact) mass is 342 g/mol. The molecule has 0 saturated carbocycles. The van der Waals surface area contributed by atoms with Gasteiger partial charge in [0.05, 0.1) is 18.3 Å². The SMILES string of the molecule is O=C(Cc1ccc(Br)cn1)c1cnn(-c2ccccc2)n1. The van der Waals surface area contributed by atoms with Crippen LogP contribution in [0.15, 0.2) is 59.3 Å². The predicted octanol–water partition coefficient (Wildman–Crippen LogP) is 2.85. The van der Waals surface area contributed by atoms with Crippen molar-refractivity contribution in [3.63, 3.8) is 0 Å². The number of nitrogens with zero attached hydrogens (tertiary/aromatic N) is 4. The number of Topliss-reactive ketones (excluding diaryl/α,β-unsaturated/α-hetero) is 1. The van der Waals surface area contributed by atoms with Gasteiger partial charge in [0.2, 0.25) is 0 Å². The molecule has 0 radical (unpaired) electrons. The van der Waals surface area contributed by atoms with E-state index in [2.05, 4.69) is 31.1 Å². The first-order valence-corrected chi connectivity index (χ1v) is 7.13. The highest BCUT2D eigenvalue weighted by molar-refractivity contribution is 9.10. The number of pyridine rings is 1. The molecule has 0 amide bonds. The van der Waals surface area contributed by atoms with Crippen molar-refractivity contribution in [1.29, 1.82) is 0 Å². The fourth-order valence-electron chi connectivity index (χ4n) is 1.84. The summed E-state index contributed by atoms with van der Waals surface area (Å²) in [7, 11) is 0. The quantitative estimate of drug-likeness (QED) is 0.684. The second kappa shape index (κ2) is 5.97. The molecule has 0 aliphatic rings. The number of ketones is 1. The molecule has 0 saturated heterocycles. The van der Waals surface area contributed by atoms with Gasteiger partial charge in [-0.25, -0.2) is 0 Å². The van der Waals surface area contributed by atoms with E-state index in [4.69, 9.17) is 0 Å². The van der Waals surface area contributed by atoms with Crippen LogP contribution in [0, 0.1) is 0 Å². The second-order valence-corrected chi connectivity index (χ2v) is 5.34. The Morgan fingerprint density at radius 1 is 1.10 bits per heavy atom. The van der Waals surface area contributed by atoms with E-state index in [1.807, 2.05) is 42.5 Å². The number of halogens is 1. The molecule has 0 N–H and O–H groups in total. The van der Waals surface area contributed by atoms with Crippen LogP contribution in [0.5, 0.6) is 0 Å². The molecule has 0 spiro atoms. The largest absolute Gasteiger partial charge is 0.292 e. The third-order valence-electron chi connectivity index (χ3n) is 2.89. The highest BCUT2D eigenvalue weighted by Crippen LogP contribution is 2.10. The number of aromatic nitrogens is 4. The van der Waals surface area contributed by atoms with Crippen LogP contribution in [0.2, 0.25) is 0 Å². The molecule has 2 heterocycles. The van der Waals surface area contributed by atoms with Gasteiger partial charge in [-0.1, -0.05) is 18.2 Å². The topological polar surface area (TPSA) is 60.7 Å². The molecule has 2 aromatic heterocycles. The van der Waals surface area contributed by atoms with Gasteiger partial charge in [-0.05, 0) is 40.2 Å². The smallest absolute Gasteiger partial charge is 0.190 e. The maximum atomic E-state index is 12.2. The Kier molecular flexibility index (Phi) is 3.87. The van der Waals surface area contributed by atoms with E-state index in [9.17, 15) is 4.79 Å². The molecule has 0 atom stereocenters. The number of para-hydroxylation sites is 1. The van der Waals surface area contributed by atoms with Gasteiger partial charge >= 0.3 is 0 Å². The summed E-state index contributed by atoms with van der Waals surface area (Å²) in [6.45, 7) is 0. The van der Waals surface area contributed by atoms with Crippen LogP contribution in [0.3, 0.4) is 0 Å². The first kappa shape index (κ1) is 13.6. The Morgan fingerprint density at radius 2 is 1.90 bits per heavy atom. The Balaban J connectivity index is 1.77. The molecule has 21 heavy (non-hydrogen) atoms. The molecule has 0 unspecified atom stereocenters. The average Bonchev–Trinajstić information content (AvgIpc) is 3.00. The standard InChI is InChI=1S/C15H11BrN4O/c16-11-6-7-12(17-9-11)8-15(21)14-10-18-20(19-14)13-4-2-1-3-5-13/h1-7,9-10H,8H2. The van der Waals surface area contributed by atoms with Gasteiger partial charge in [-0.15, -0.1) is 5.10 Å². The van der Waals surface area contributed by atoms with Crippen molar-refractivity contribution in [2.75, 3.05) is 0 Å². The van der Waals surface area contributed by atoms with Crippen LogP contribution in [0.4, 0.5) is 0 Å². The number of hydrogen-bond acceptors (Lipinski definition) is 4. The van der Waals surface area contributed by atoms with Gasteiger partial charge in [0, 0.05) is 16.4 Å². The van der Waals surface area contributed by atoms with Gasteiger partial charge < -0.3 is 0 Å². The minimum absolute atomic E-state index is 0.105. The maximum Gasteiger partial charge on any atom is 0.190 e. The van der Waals surface area contributed by atoms with Crippen LogP contribution < -0.4 is 0 Å². The lowest BCUT2D eigenvalue weighted by Crippen LogP contribution is -2.07. The van der Waals surface area contributed by atoms with Crippen molar-refractivity contribution >= 4 is 21.7 Å². The maximum absolute atomic E-state index is 12.2. The van der Waals surface area contributed by atoms with Gasteiger partial charge in [0.1, 0.15) is 5.69 Å². The summed E-state index contributed by atoms with van der Waals surface area (Å²) in [5.74, 6) is -0.105. The van der Waals surface area contributed by atoms with Crippen molar-refractivity contribution in [3.8, 4) is 5.69 Å². The van der Waals surface area contributed by atoms with Crippen molar-refractivity contribution in [1.82, 2.24) is 20.0 Å². The fourth-order valence-corrected chi connectivity index (χ4v) is 2.08. The Hall–Kier alpha value is -2.34. The fraction of sp³-hybridized carbons (Fsp3) is 0.0667. The molecule has 3 aromatic rings. The van der Waals surface area contributed by atoms with Gasteiger partial charge in [0.25, 0.3) is 0 Å². The summed E-state index contributed by atoms with van der Waals surface area (Å²) in [4.78, 5) is 17.8. The zero-order valence-electron chi connectivity index (χ0n) is 11.0. The molecular formula is C15H11BrN4O. The number of carbonyl (C=O) groups is 1. The van der Waals surface area contributed by atoms with Crippen LogP contribution in [0.1, 0.15) is 16.2 Å². The van der Waals surface area contributed by atoms with Crippen LogP contribution >= 0.6 is 15.9 Å². The van der Waals surface area contributed by atoms with E-state index in [0.717, 1.165) is 10.2 Å². The lowest BCUT2D eigenvalue weighted by Gasteiger charge is -1.99. The van der Waals surface area contributed by atoms with Crippen molar-refractivity contribution in [2.45, 2.75) is 6.42 Å². The highest BCUT2D eigenvalue weighted by atomic mass is 79.9. The Morgan fingerprint density at radius 3 is 2.62 bits per heavy atom. The summed E-state index contributed by atoms with van der Waals surface area (Å²) in [6.07, 6.45) is 3.36. The van der Waals surface area contributed by atoms with Gasteiger partial charge in [0.15, 0.2) is 5.78 Å².